The van der Waals surface area contributed by atoms with Crippen molar-refractivity contribution in [2.24, 2.45) is 0 Å². The van der Waals surface area contributed by atoms with Gasteiger partial charge in [-0.2, -0.15) is 5.26 Å². The SMILES string of the molecule is CCN(CC)Cc1ccc(N/C(=C2\C(=O)Nc3cc(C#N)ccc32)c2ccc3c(c2)OCO3)cc1. The van der Waals surface area contributed by atoms with Gasteiger partial charge in [0.2, 0.25) is 6.79 Å². The van der Waals surface area contributed by atoms with Crippen LogP contribution in [0.5, 0.6) is 11.5 Å². The first-order valence-electron chi connectivity index (χ1n) is 11.7. The van der Waals surface area contributed by atoms with Crippen molar-refractivity contribution in [2.75, 3.05) is 30.5 Å². The van der Waals surface area contributed by atoms with Crippen molar-refractivity contribution < 1.29 is 14.3 Å². The number of anilines is 2. The van der Waals surface area contributed by atoms with E-state index in [0.717, 1.165) is 36.4 Å². The summed E-state index contributed by atoms with van der Waals surface area (Å²) < 4.78 is 11.1. The van der Waals surface area contributed by atoms with Crippen LogP contribution >= 0.6 is 0 Å². The van der Waals surface area contributed by atoms with Crippen LogP contribution in [0.3, 0.4) is 0 Å². The van der Waals surface area contributed by atoms with E-state index in [9.17, 15) is 10.1 Å². The Kier molecular flexibility index (Phi) is 6.13. The van der Waals surface area contributed by atoms with E-state index in [1.165, 1.54) is 5.56 Å². The monoisotopic (exact) mass is 466 g/mol. The highest BCUT2D eigenvalue weighted by molar-refractivity contribution is 6.37. The van der Waals surface area contributed by atoms with Crippen molar-refractivity contribution in [1.82, 2.24) is 4.90 Å². The number of benzene rings is 3. The summed E-state index contributed by atoms with van der Waals surface area (Å²) in [6.45, 7) is 7.38. The molecule has 2 heterocycles. The van der Waals surface area contributed by atoms with Crippen LogP contribution in [0.4, 0.5) is 11.4 Å². The van der Waals surface area contributed by atoms with E-state index in [1.807, 2.05) is 36.4 Å². The Balaban J connectivity index is 1.56. The van der Waals surface area contributed by atoms with Crippen LogP contribution in [0.1, 0.15) is 36.1 Å². The number of nitriles is 1. The highest BCUT2D eigenvalue weighted by Crippen LogP contribution is 2.41. The summed E-state index contributed by atoms with van der Waals surface area (Å²) in [5.74, 6) is 1.08. The average molecular weight is 467 g/mol. The summed E-state index contributed by atoms with van der Waals surface area (Å²) in [5.41, 5.74) is 5.91. The molecule has 176 valence electrons. The third-order valence-corrected chi connectivity index (χ3v) is 6.33. The standard InChI is InChI=1S/C28H26N4O3/c1-3-32(4-2)16-18-5-9-21(10-6-18)30-27(20-8-12-24-25(14-20)35-17-34-24)26-22-11-7-19(15-29)13-23(22)31-28(26)33/h5-14,30H,3-4,16-17H2,1-2H3,(H,31,33)/b27-26-. The molecule has 7 heteroatoms. The molecule has 0 unspecified atom stereocenters. The Morgan fingerprint density at radius 2 is 1.80 bits per heavy atom. The van der Waals surface area contributed by atoms with Gasteiger partial charge in [0.05, 0.1) is 28.6 Å². The zero-order chi connectivity index (χ0) is 24.4. The number of nitrogens with one attached hydrogen (secondary N) is 2. The first kappa shape index (κ1) is 22.5. The van der Waals surface area contributed by atoms with Gasteiger partial charge in [-0.05, 0) is 61.1 Å². The van der Waals surface area contributed by atoms with Crippen LogP contribution < -0.4 is 20.1 Å². The van der Waals surface area contributed by atoms with Gasteiger partial charge < -0.3 is 20.1 Å². The summed E-state index contributed by atoms with van der Waals surface area (Å²) in [6, 6.07) is 21.2. The normalized spacial score (nSPS) is 15.0. The molecule has 35 heavy (non-hydrogen) atoms. The summed E-state index contributed by atoms with van der Waals surface area (Å²) in [4.78, 5) is 15.5. The maximum Gasteiger partial charge on any atom is 0.258 e. The molecule has 2 N–H and O–H groups in total. The molecule has 0 saturated heterocycles. The highest BCUT2D eigenvalue weighted by Gasteiger charge is 2.29. The number of fused-ring (bicyclic) bond motifs is 2. The first-order valence-corrected chi connectivity index (χ1v) is 11.7. The van der Waals surface area contributed by atoms with Crippen LogP contribution in [-0.2, 0) is 11.3 Å². The van der Waals surface area contributed by atoms with Gasteiger partial charge in [0.15, 0.2) is 11.5 Å². The second-order valence-electron chi connectivity index (χ2n) is 8.43. The maximum atomic E-state index is 13.2. The van der Waals surface area contributed by atoms with Gasteiger partial charge in [-0.25, -0.2) is 0 Å². The van der Waals surface area contributed by atoms with Crippen molar-refractivity contribution >= 4 is 28.6 Å². The number of amides is 1. The van der Waals surface area contributed by atoms with Crippen molar-refractivity contribution in [3.05, 3.63) is 82.9 Å². The fraction of sp³-hybridized carbons (Fsp3) is 0.214. The van der Waals surface area contributed by atoms with Crippen molar-refractivity contribution in [2.45, 2.75) is 20.4 Å². The summed E-state index contributed by atoms with van der Waals surface area (Å²) >= 11 is 0. The maximum absolute atomic E-state index is 13.2. The number of hydrogen-bond acceptors (Lipinski definition) is 6. The van der Waals surface area contributed by atoms with Crippen molar-refractivity contribution in [1.29, 1.82) is 5.26 Å². The van der Waals surface area contributed by atoms with Gasteiger partial charge in [-0.3, -0.25) is 9.69 Å². The fourth-order valence-corrected chi connectivity index (χ4v) is 4.36. The Labute approximate surface area is 204 Å². The molecule has 0 radical (unpaired) electrons. The van der Waals surface area contributed by atoms with Crippen molar-refractivity contribution in [3.8, 4) is 17.6 Å². The van der Waals surface area contributed by atoms with Gasteiger partial charge >= 0.3 is 0 Å². The lowest BCUT2D eigenvalue weighted by Gasteiger charge is -2.19. The molecule has 0 bridgehead atoms. The summed E-state index contributed by atoms with van der Waals surface area (Å²) in [6.07, 6.45) is 0. The molecule has 2 aliphatic heterocycles. The number of carbonyl (C=O) groups excluding carboxylic acids is 1. The van der Waals surface area contributed by atoms with Crippen LogP contribution in [0.15, 0.2) is 60.7 Å². The molecule has 0 aromatic heterocycles. The quantitative estimate of drug-likeness (QED) is 0.473. The lowest BCUT2D eigenvalue weighted by molar-refractivity contribution is -0.110. The minimum Gasteiger partial charge on any atom is -0.454 e. The number of rotatable bonds is 7. The molecule has 2 aliphatic rings. The highest BCUT2D eigenvalue weighted by atomic mass is 16.7. The summed E-state index contributed by atoms with van der Waals surface area (Å²) in [5, 5.41) is 15.7. The second-order valence-corrected chi connectivity index (χ2v) is 8.43. The predicted octanol–water partition coefficient (Wildman–Crippen LogP) is 5.06. The molecular weight excluding hydrogens is 440 g/mol. The number of hydrogen-bond donors (Lipinski definition) is 2. The van der Waals surface area contributed by atoms with Gasteiger partial charge in [-0.1, -0.05) is 32.0 Å². The Morgan fingerprint density at radius 3 is 2.54 bits per heavy atom. The largest absolute Gasteiger partial charge is 0.454 e. The van der Waals surface area contributed by atoms with E-state index in [1.54, 1.807) is 12.1 Å². The molecule has 1 amide bonds. The molecule has 0 aliphatic carbocycles. The third-order valence-electron chi connectivity index (χ3n) is 6.33. The van der Waals surface area contributed by atoms with E-state index in [4.69, 9.17) is 9.47 Å². The first-order chi connectivity index (χ1) is 17.1. The number of nitrogens with zero attached hydrogens (tertiary/aromatic N) is 2. The van der Waals surface area contributed by atoms with Gasteiger partial charge in [0.25, 0.3) is 5.91 Å². The minimum atomic E-state index is -0.228. The predicted molar refractivity (Wildman–Crippen MR) is 136 cm³/mol. The van der Waals surface area contributed by atoms with Gasteiger partial charge in [0, 0.05) is 23.4 Å². The lowest BCUT2D eigenvalue weighted by Crippen LogP contribution is -2.22. The van der Waals surface area contributed by atoms with Crippen LogP contribution in [-0.4, -0.2) is 30.7 Å². The molecule has 7 nitrogen and oxygen atoms in total. The molecule has 0 atom stereocenters. The number of carbonyl (C=O) groups is 1. The molecular formula is C28H26N4O3. The van der Waals surface area contributed by atoms with E-state index in [-0.39, 0.29) is 12.7 Å². The zero-order valence-corrected chi connectivity index (χ0v) is 19.7. The number of ether oxygens (including phenoxy) is 2. The molecule has 3 aromatic rings. The van der Waals surface area contributed by atoms with Crippen LogP contribution in [0, 0.1) is 11.3 Å². The second kappa shape index (κ2) is 9.53. The molecule has 5 rings (SSSR count). The Bertz CT molecular complexity index is 1350. The lowest BCUT2D eigenvalue weighted by atomic mass is 9.98. The molecule has 0 spiro atoms. The Hall–Kier alpha value is -4.28. The Morgan fingerprint density at radius 1 is 1.03 bits per heavy atom. The van der Waals surface area contributed by atoms with Gasteiger partial charge in [-0.15, -0.1) is 0 Å². The van der Waals surface area contributed by atoms with Crippen molar-refractivity contribution in [3.63, 3.8) is 0 Å². The molecule has 3 aromatic carbocycles. The van der Waals surface area contributed by atoms with Crippen LogP contribution in [0.25, 0.3) is 11.3 Å². The topological polar surface area (TPSA) is 86.6 Å². The van der Waals surface area contributed by atoms with Gasteiger partial charge in [0.1, 0.15) is 0 Å². The minimum absolute atomic E-state index is 0.173. The van der Waals surface area contributed by atoms with E-state index >= 15 is 0 Å². The van der Waals surface area contributed by atoms with Crippen LogP contribution in [0.2, 0.25) is 0 Å². The van der Waals surface area contributed by atoms with E-state index in [2.05, 4.69) is 47.6 Å². The van der Waals surface area contributed by atoms with E-state index < -0.39 is 0 Å². The van der Waals surface area contributed by atoms with E-state index in [0.29, 0.717) is 34.0 Å². The smallest absolute Gasteiger partial charge is 0.258 e. The average Bonchev–Trinajstić information content (AvgIpc) is 3.49. The summed E-state index contributed by atoms with van der Waals surface area (Å²) in [7, 11) is 0. The fourth-order valence-electron chi connectivity index (χ4n) is 4.36. The molecule has 0 saturated carbocycles. The molecule has 0 fully saturated rings. The zero-order valence-electron chi connectivity index (χ0n) is 19.7. The third kappa shape index (κ3) is 4.44.